The van der Waals surface area contributed by atoms with Gasteiger partial charge >= 0.3 is 5.97 Å². The first kappa shape index (κ1) is 20.6. The van der Waals surface area contributed by atoms with E-state index in [4.69, 9.17) is 4.74 Å². The lowest BCUT2D eigenvalue weighted by Gasteiger charge is -2.23. The third-order valence-electron chi connectivity index (χ3n) is 4.75. The summed E-state index contributed by atoms with van der Waals surface area (Å²) in [6, 6.07) is 15.7. The predicted molar refractivity (Wildman–Crippen MR) is 102 cm³/mol. The highest BCUT2D eigenvalue weighted by atomic mass is 19.1. The largest absolute Gasteiger partial charge is 0.455 e. The predicted octanol–water partition coefficient (Wildman–Crippen LogP) is 4.16. The van der Waals surface area contributed by atoms with E-state index in [0.29, 0.717) is 5.56 Å². The Morgan fingerprint density at radius 1 is 1.07 bits per heavy atom. The van der Waals surface area contributed by atoms with Gasteiger partial charge in [-0.2, -0.15) is 0 Å². The Hall–Kier alpha value is -2.69. The summed E-state index contributed by atoms with van der Waals surface area (Å²) in [5, 5.41) is 0. The van der Waals surface area contributed by atoms with Gasteiger partial charge in [-0.05, 0) is 17.5 Å². The maximum atomic E-state index is 13.7. The van der Waals surface area contributed by atoms with E-state index in [2.05, 4.69) is 0 Å². The molecule has 2 aromatic rings. The molecular formula is C22H26FNO3. The maximum absolute atomic E-state index is 13.7. The molecule has 2 unspecified atom stereocenters. The molecule has 0 aromatic heterocycles. The van der Waals surface area contributed by atoms with Crippen molar-refractivity contribution in [2.45, 2.75) is 32.7 Å². The molecule has 0 heterocycles. The van der Waals surface area contributed by atoms with E-state index < -0.39 is 11.9 Å². The highest BCUT2D eigenvalue weighted by molar-refractivity contribution is 5.83. The average Bonchev–Trinajstić information content (AvgIpc) is 2.68. The van der Waals surface area contributed by atoms with Gasteiger partial charge < -0.3 is 9.64 Å². The molecule has 4 nitrogen and oxygen atoms in total. The molecule has 0 N–H and O–H groups in total. The first-order valence-electron chi connectivity index (χ1n) is 9.13. The van der Waals surface area contributed by atoms with Gasteiger partial charge in [-0.1, -0.05) is 68.8 Å². The number of carbonyl (C=O) groups is 2. The number of likely N-dealkylation sites (N-methyl/N-ethyl adjacent to an activating group) is 1. The number of ether oxygens (including phenoxy) is 1. The SMILES string of the molecule is CCC(C)C(C(=O)OCC(=O)N(C)Cc1ccccc1F)c1ccccc1. The van der Waals surface area contributed by atoms with Crippen LogP contribution in [0.5, 0.6) is 0 Å². The van der Waals surface area contributed by atoms with E-state index in [1.165, 1.54) is 11.0 Å². The minimum atomic E-state index is -0.416. The summed E-state index contributed by atoms with van der Waals surface area (Å²) in [4.78, 5) is 26.3. The monoisotopic (exact) mass is 371 g/mol. The van der Waals surface area contributed by atoms with E-state index in [0.717, 1.165) is 12.0 Å². The van der Waals surface area contributed by atoms with Gasteiger partial charge in [-0.15, -0.1) is 0 Å². The Morgan fingerprint density at radius 3 is 2.33 bits per heavy atom. The van der Waals surface area contributed by atoms with Crippen molar-refractivity contribution in [2.24, 2.45) is 5.92 Å². The summed E-state index contributed by atoms with van der Waals surface area (Å²) < 4.78 is 19.0. The summed E-state index contributed by atoms with van der Waals surface area (Å²) in [6.45, 7) is 3.77. The second kappa shape index (κ2) is 9.86. The number of hydrogen-bond acceptors (Lipinski definition) is 3. The van der Waals surface area contributed by atoms with Gasteiger partial charge in [0, 0.05) is 19.2 Å². The first-order chi connectivity index (χ1) is 12.9. The van der Waals surface area contributed by atoms with E-state index in [-0.39, 0.29) is 30.8 Å². The molecule has 2 aromatic carbocycles. The Bertz CT molecular complexity index is 763. The Kier molecular flexibility index (Phi) is 7.53. The van der Waals surface area contributed by atoms with Crippen molar-refractivity contribution in [3.8, 4) is 0 Å². The summed E-state index contributed by atoms with van der Waals surface area (Å²) >= 11 is 0. The van der Waals surface area contributed by atoms with Crippen LogP contribution in [0.25, 0.3) is 0 Å². The topological polar surface area (TPSA) is 46.6 Å². The van der Waals surface area contributed by atoms with Crippen molar-refractivity contribution in [3.05, 3.63) is 71.5 Å². The van der Waals surface area contributed by atoms with E-state index >= 15 is 0 Å². The number of rotatable bonds is 8. The fourth-order valence-electron chi connectivity index (χ4n) is 2.90. The molecule has 1 amide bonds. The van der Waals surface area contributed by atoms with Crippen molar-refractivity contribution in [3.63, 3.8) is 0 Å². The summed E-state index contributed by atoms with van der Waals surface area (Å²) in [6.07, 6.45) is 0.815. The van der Waals surface area contributed by atoms with Crippen molar-refractivity contribution < 1.29 is 18.7 Å². The number of amides is 1. The number of benzene rings is 2. The maximum Gasteiger partial charge on any atom is 0.314 e. The zero-order chi connectivity index (χ0) is 19.8. The van der Waals surface area contributed by atoms with Crippen LogP contribution < -0.4 is 0 Å². The van der Waals surface area contributed by atoms with Crippen molar-refractivity contribution in [1.82, 2.24) is 4.90 Å². The summed E-state index contributed by atoms with van der Waals surface area (Å²) in [5.74, 6) is -1.48. The molecule has 0 saturated heterocycles. The molecule has 0 aliphatic heterocycles. The average molecular weight is 371 g/mol. The summed E-state index contributed by atoms with van der Waals surface area (Å²) in [7, 11) is 1.56. The number of hydrogen-bond donors (Lipinski definition) is 0. The molecule has 0 fully saturated rings. The molecule has 0 saturated carbocycles. The van der Waals surface area contributed by atoms with Gasteiger partial charge in [0.15, 0.2) is 6.61 Å². The molecular weight excluding hydrogens is 345 g/mol. The van der Waals surface area contributed by atoms with Crippen LogP contribution in [0.2, 0.25) is 0 Å². The minimum absolute atomic E-state index is 0.0890. The number of nitrogens with zero attached hydrogens (tertiary/aromatic N) is 1. The smallest absolute Gasteiger partial charge is 0.314 e. The van der Waals surface area contributed by atoms with Gasteiger partial charge in [0.1, 0.15) is 5.82 Å². The van der Waals surface area contributed by atoms with Crippen LogP contribution in [0.15, 0.2) is 54.6 Å². The molecule has 27 heavy (non-hydrogen) atoms. The quantitative estimate of drug-likeness (QED) is 0.655. The van der Waals surface area contributed by atoms with Crippen LogP contribution in [0.4, 0.5) is 4.39 Å². The standard InChI is InChI=1S/C22H26FNO3/c1-4-16(2)21(17-10-6-5-7-11-17)22(26)27-15-20(25)24(3)14-18-12-8-9-13-19(18)23/h5-13,16,21H,4,14-15H2,1-3H3. The number of halogens is 1. The van der Waals surface area contributed by atoms with E-state index in [1.807, 2.05) is 44.2 Å². The zero-order valence-electron chi connectivity index (χ0n) is 16.0. The molecule has 0 aliphatic rings. The van der Waals surface area contributed by atoms with Crippen LogP contribution >= 0.6 is 0 Å². The van der Waals surface area contributed by atoms with Gasteiger partial charge in [-0.25, -0.2) is 4.39 Å². The Morgan fingerprint density at radius 2 is 1.70 bits per heavy atom. The molecule has 2 rings (SSSR count). The highest BCUT2D eigenvalue weighted by Crippen LogP contribution is 2.28. The van der Waals surface area contributed by atoms with Crippen molar-refractivity contribution in [2.75, 3.05) is 13.7 Å². The first-order valence-corrected chi connectivity index (χ1v) is 9.13. The molecule has 0 spiro atoms. The van der Waals surface area contributed by atoms with Crippen LogP contribution in [-0.4, -0.2) is 30.4 Å². The lowest BCUT2D eigenvalue weighted by Crippen LogP contribution is -2.32. The van der Waals surface area contributed by atoms with Crippen LogP contribution in [0.1, 0.15) is 37.3 Å². The molecule has 2 atom stereocenters. The Labute approximate surface area is 159 Å². The number of carbonyl (C=O) groups excluding carboxylic acids is 2. The second-order valence-electron chi connectivity index (χ2n) is 6.72. The lowest BCUT2D eigenvalue weighted by atomic mass is 9.86. The highest BCUT2D eigenvalue weighted by Gasteiger charge is 2.28. The molecule has 0 aliphatic carbocycles. The van der Waals surface area contributed by atoms with Gasteiger partial charge in [0.25, 0.3) is 5.91 Å². The lowest BCUT2D eigenvalue weighted by molar-refractivity contribution is -0.154. The molecule has 0 bridgehead atoms. The normalized spacial score (nSPS) is 12.9. The third-order valence-corrected chi connectivity index (χ3v) is 4.75. The van der Waals surface area contributed by atoms with Crippen molar-refractivity contribution in [1.29, 1.82) is 0 Å². The van der Waals surface area contributed by atoms with E-state index in [9.17, 15) is 14.0 Å². The van der Waals surface area contributed by atoms with Gasteiger partial charge in [0.2, 0.25) is 0 Å². The van der Waals surface area contributed by atoms with E-state index in [1.54, 1.807) is 25.2 Å². The van der Waals surface area contributed by atoms with Crippen LogP contribution in [-0.2, 0) is 20.9 Å². The minimum Gasteiger partial charge on any atom is -0.455 e. The molecule has 0 radical (unpaired) electrons. The van der Waals surface area contributed by atoms with Gasteiger partial charge in [0.05, 0.1) is 5.92 Å². The summed E-state index contributed by atoms with van der Waals surface area (Å²) in [5.41, 5.74) is 1.30. The second-order valence-corrected chi connectivity index (χ2v) is 6.72. The number of esters is 1. The Balaban J connectivity index is 1.97. The molecule has 144 valence electrons. The fourth-order valence-corrected chi connectivity index (χ4v) is 2.90. The third kappa shape index (κ3) is 5.64. The molecule has 5 heteroatoms. The fraction of sp³-hybridized carbons (Fsp3) is 0.364. The zero-order valence-corrected chi connectivity index (χ0v) is 16.0. The van der Waals surface area contributed by atoms with Gasteiger partial charge in [-0.3, -0.25) is 9.59 Å². The van der Waals surface area contributed by atoms with Crippen LogP contribution in [0.3, 0.4) is 0 Å². The van der Waals surface area contributed by atoms with Crippen LogP contribution in [0, 0.1) is 11.7 Å². The van der Waals surface area contributed by atoms with Crippen molar-refractivity contribution >= 4 is 11.9 Å².